The summed E-state index contributed by atoms with van der Waals surface area (Å²) in [4.78, 5) is 8.83. The fourth-order valence-electron chi connectivity index (χ4n) is 1.45. The highest BCUT2D eigenvalue weighted by Gasteiger charge is 2.02. The van der Waals surface area contributed by atoms with Crippen molar-refractivity contribution in [3.63, 3.8) is 0 Å². The van der Waals surface area contributed by atoms with Crippen molar-refractivity contribution >= 4 is 5.69 Å². The molecule has 1 rings (SSSR count). The molecule has 4 heteroatoms. The molecule has 0 fully saturated rings. The molecule has 0 saturated heterocycles. The molecule has 1 aromatic rings. The summed E-state index contributed by atoms with van der Waals surface area (Å²) in [6.07, 6.45) is 1.85. The zero-order valence-corrected chi connectivity index (χ0v) is 10.7. The highest BCUT2D eigenvalue weighted by molar-refractivity contribution is 5.42. The molecule has 0 aromatic carbocycles. The maximum absolute atomic E-state index is 4.36. The van der Waals surface area contributed by atoms with Crippen LogP contribution in [0.1, 0.15) is 5.69 Å². The molecule has 0 atom stereocenters. The number of likely N-dealkylation sites (N-methyl/N-ethyl adjacent to an activating group) is 2. The van der Waals surface area contributed by atoms with Gasteiger partial charge in [0.05, 0.1) is 5.69 Å². The molecule has 90 valence electrons. The van der Waals surface area contributed by atoms with Crippen LogP contribution in [0.3, 0.4) is 0 Å². The summed E-state index contributed by atoms with van der Waals surface area (Å²) < 4.78 is 0. The van der Waals surface area contributed by atoms with Gasteiger partial charge in [0.2, 0.25) is 0 Å². The lowest BCUT2D eigenvalue weighted by Crippen LogP contribution is -2.28. The van der Waals surface area contributed by atoms with Crippen LogP contribution < -0.4 is 5.32 Å². The fourth-order valence-corrected chi connectivity index (χ4v) is 1.45. The predicted molar refractivity (Wildman–Crippen MR) is 68.7 cm³/mol. The van der Waals surface area contributed by atoms with Crippen molar-refractivity contribution in [3.05, 3.63) is 24.0 Å². The molecule has 1 N–H and O–H groups in total. The van der Waals surface area contributed by atoms with E-state index in [9.17, 15) is 0 Å². The molecular formula is C12H22N4. The Morgan fingerprint density at radius 3 is 2.62 bits per heavy atom. The zero-order valence-electron chi connectivity index (χ0n) is 10.7. The van der Waals surface area contributed by atoms with Crippen LogP contribution in [-0.2, 0) is 6.54 Å². The van der Waals surface area contributed by atoms with E-state index in [1.807, 2.05) is 19.3 Å². The van der Waals surface area contributed by atoms with Gasteiger partial charge in [-0.15, -0.1) is 0 Å². The van der Waals surface area contributed by atoms with Crippen LogP contribution in [0.5, 0.6) is 0 Å². The average Bonchev–Trinajstić information content (AvgIpc) is 2.26. The Labute approximate surface area is 98.3 Å². The van der Waals surface area contributed by atoms with Gasteiger partial charge < -0.3 is 10.2 Å². The third kappa shape index (κ3) is 4.59. The Hall–Kier alpha value is -1.13. The molecule has 0 aliphatic rings. The number of rotatable bonds is 6. The molecule has 0 spiro atoms. The van der Waals surface area contributed by atoms with Gasteiger partial charge in [0.25, 0.3) is 0 Å². The summed E-state index contributed by atoms with van der Waals surface area (Å²) in [5.74, 6) is 0. The summed E-state index contributed by atoms with van der Waals surface area (Å²) in [6.45, 7) is 3.02. The van der Waals surface area contributed by atoms with Crippen LogP contribution in [0.25, 0.3) is 0 Å². The first-order chi connectivity index (χ1) is 7.61. The van der Waals surface area contributed by atoms with Crippen LogP contribution >= 0.6 is 0 Å². The topological polar surface area (TPSA) is 31.4 Å². The lowest BCUT2D eigenvalue weighted by atomic mass is 10.3. The van der Waals surface area contributed by atoms with Crippen LogP contribution in [-0.4, -0.2) is 56.1 Å². The van der Waals surface area contributed by atoms with Crippen molar-refractivity contribution in [2.24, 2.45) is 0 Å². The van der Waals surface area contributed by atoms with Crippen molar-refractivity contribution in [1.29, 1.82) is 0 Å². The summed E-state index contributed by atoms with van der Waals surface area (Å²) in [5, 5.41) is 3.12. The van der Waals surface area contributed by atoms with Crippen molar-refractivity contribution in [1.82, 2.24) is 14.8 Å². The maximum atomic E-state index is 4.36. The Bertz CT molecular complexity index is 312. The third-order valence-corrected chi connectivity index (χ3v) is 2.47. The predicted octanol–water partition coefficient (Wildman–Crippen LogP) is 1.12. The zero-order chi connectivity index (χ0) is 12.0. The van der Waals surface area contributed by atoms with Crippen LogP contribution in [0, 0.1) is 0 Å². The first-order valence-corrected chi connectivity index (χ1v) is 5.58. The number of aromatic nitrogens is 1. The molecular weight excluding hydrogens is 200 g/mol. The average molecular weight is 222 g/mol. The molecule has 4 nitrogen and oxygen atoms in total. The van der Waals surface area contributed by atoms with Gasteiger partial charge in [0.15, 0.2) is 0 Å². The Morgan fingerprint density at radius 2 is 2.00 bits per heavy atom. The van der Waals surface area contributed by atoms with E-state index in [0.717, 1.165) is 31.0 Å². The van der Waals surface area contributed by atoms with E-state index < -0.39 is 0 Å². The van der Waals surface area contributed by atoms with Gasteiger partial charge in [-0.05, 0) is 33.3 Å². The number of hydrogen-bond acceptors (Lipinski definition) is 4. The van der Waals surface area contributed by atoms with Crippen molar-refractivity contribution < 1.29 is 0 Å². The van der Waals surface area contributed by atoms with E-state index >= 15 is 0 Å². The molecule has 0 amide bonds. The maximum Gasteiger partial charge on any atom is 0.0564 e. The van der Waals surface area contributed by atoms with Crippen LogP contribution in [0.2, 0.25) is 0 Å². The highest BCUT2D eigenvalue weighted by Crippen LogP contribution is 2.08. The standard InChI is InChI=1S/C12H22N4/c1-13-11-5-6-14-12(9-11)10-16(4)8-7-15(2)3/h5-6,9H,7-8,10H2,1-4H3,(H,13,14). The Morgan fingerprint density at radius 1 is 1.25 bits per heavy atom. The Balaban J connectivity index is 2.45. The van der Waals surface area contributed by atoms with Crippen LogP contribution in [0.4, 0.5) is 5.69 Å². The molecule has 0 aliphatic carbocycles. The van der Waals surface area contributed by atoms with Gasteiger partial charge in [0, 0.05) is 38.6 Å². The first-order valence-electron chi connectivity index (χ1n) is 5.58. The molecule has 1 heterocycles. The number of anilines is 1. The lowest BCUT2D eigenvalue weighted by Gasteiger charge is -2.19. The minimum atomic E-state index is 0.892. The Kier molecular flexibility index (Phi) is 5.22. The summed E-state index contributed by atoms with van der Waals surface area (Å²) in [6, 6.07) is 4.06. The minimum Gasteiger partial charge on any atom is -0.388 e. The fraction of sp³-hybridized carbons (Fsp3) is 0.583. The molecule has 0 radical (unpaired) electrons. The molecule has 0 unspecified atom stereocenters. The van der Waals surface area contributed by atoms with E-state index in [1.54, 1.807) is 0 Å². The lowest BCUT2D eigenvalue weighted by molar-refractivity contribution is 0.274. The van der Waals surface area contributed by atoms with Gasteiger partial charge in [-0.25, -0.2) is 0 Å². The molecule has 0 aliphatic heterocycles. The van der Waals surface area contributed by atoms with E-state index in [0.29, 0.717) is 0 Å². The molecule has 0 bridgehead atoms. The largest absolute Gasteiger partial charge is 0.388 e. The molecule has 0 saturated carbocycles. The molecule has 16 heavy (non-hydrogen) atoms. The van der Waals surface area contributed by atoms with Crippen molar-refractivity contribution in [3.8, 4) is 0 Å². The van der Waals surface area contributed by atoms with Gasteiger partial charge in [0.1, 0.15) is 0 Å². The normalized spacial score (nSPS) is 11.1. The van der Waals surface area contributed by atoms with Gasteiger partial charge in [-0.1, -0.05) is 0 Å². The summed E-state index contributed by atoms with van der Waals surface area (Å²) >= 11 is 0. The van der Waals surface area contributed by atoms with Gasteiger partial charge in [-0.2, -0.15) is 0 Å². The van der Waals surface area contributed by atoms with E-state index in [1.165, 1.54) is 0 Å². The minimum absolute atomic E-state index is 0.892. The quantitative estimate of drug-likeness (QED) is 0.781. The number of hydrogen-bond donors (Lipinski definition) is 1. The van der Waals surface area contributed by atoms with Gasteiger partial charge in [-0.3, -0.25) is 9.88 Å². The van der Waals surface area contributed by atoms with Crippen molar-refractivity contribution in [2.75, 3.05) is 46.6 Å². The van der Waals surface area contributed by atoms with Crippen molar-refractivity contribution in [2.45, 2.75) is 6.54 Å². The SMILES string of the molecule is CNc1ccnc(CN(C)CCN(C)C)c1. The number of nitrogens with one attached hydrogen (secondary N) is 1. The van der Waals surface area contributed by atoms with Gasteiger partial charge >= 0.3 is 0 Å². The van der Waals surface area contributed by atoms with E-state index in [2.05, 4.69) is 47.3 Å². The number of nitrogens with zero attached hydrogens (tertiary/aromatic N) is 3. The second-order valence-corrected chi connectivity index (χ2v) is 4.33. The molecule has 1 aromatic heterocycles. The first kappa shape index (κ1) is 12.9. The monoisotopic (exact) mass is 222 g/mol. The second kappa shape index (κ2) is 6.45. The van der Waals surface area contributed by atoms with E-state index in [4.69, 9.17) is 0 Å². The second-order valence-electron chi connectivity index (χ2n) is 4.33. The van der Waals surface area contributed by atoms with Crippen LogP contribution in [0.15, 0.2) is 18.3 Å². The van der Waals surface area contributed by atoms with E-state index in [-0.39, 0.29) is 0 Å². The third-order valence-electron chi connectivity index (χ3n) is 2.47. The summed E-state index contributed by atoms with van der Waals surface area (Å²) in [7, 11) is 8.23. The highest BCUT2D eigenvalue weighted by atomic mass is 15.2. The smallest absolute Gasteiger partial charge is 0.0564 e. The summed E-state index contributed by atoms with van der Waals surface area (Å²) in [5.41, 5.74) is 2.22. The number of pyridine rings is 1.